The summed E-state index contributed by atoms with van der Waals surface area (Å²) in [7, 11) is 0. The van der Waals surface area contributed by atoms with Gasteiger partial charge in [-0.05, 0) is 30.4 Å². The van der Waals surface area contributed by atoms with Crippen molar-refractivity contribution in [2.75, 3.05) is 0 Å². The molecule has 2 rings (SSSR count). The van der Waals surface area contributed by atoms with Crippen molar-refractivity contribution in [3.05, 3.63) is 48.6 Å². The molecule has 15 heavy (non-hydrogen) atoms. The highest BCUT2D eigenvalue weighted by atomic mass is 16.1. The van der Waals surface area contributed by atoms with Crippen molar-refractivity contribution in [2.24, 2.45) is 0 Å². The quantitative estimate of drug-likeness (QED) is 0.557. The van der Waals surface area contributed by atoms with Crippen LogP contribution in [0.5, 0.6) is 0 Å². The second-order valence-corrected chi connectivity index (χ2v) is 2.93. The van der Waals surface area contributed by atoms with Gasteiger partial charge in [0.1, 0.15) is 0 Å². The van der Waals surface area contributed by atoms with E-state index in [1.165, 1.54) is 24.3 Å². The maximum absolute atomic E-state index is 10.3. The lowest BCUT2D eigenvalue weighted by atomic mass is 10.2. The summed E-state index contributed by atoms with van der Waals surface area (Å²) >= 11 is 0. The molecule has 0 amide bonds. The van der Waals surface area contributed by atoms with Gasteiger partial charge in [0.2, 0.25) is 0 Å². The minimum atomic E-state index is -0.121. The number of hydrogen-bond acceptors (Lipinski definition) is 3. The van der Waals surface area contributed by atoms with Crippen LogP contribution in [0.3, 0.4) is 0 Å². The summed E-state index contributed by atoms with van der Waals surface area (Å²) in [5, 5.41) is 0. The molecule has 3 nitrogen and oxygen atoms in total. The van der Waals surface area contributed by atoms with Gasteiger partial charge in [-0.15, -0.1) is 0 Å². The monoisotopic (exact) mass is 202 g/mol. The molecule has 0 aromatic carbocycles. The molecule has 76 valence electrons. The zero-order chi connectivity index (χ0) is 11.1. The van der Waals surface area contributed by atoms with E-state index in [0.29, 0.717) is 6.42 Å². The summed E-state index contributed by atoms with van der Waals surface area (Å²) in [6.45, 7) is 0. The van der Waals surface area contributed by atoms with Crippen LogP contribution in [-0.2, 0) is 14.4 Å². The van der Waals surface area contributed by atoms with E-state index >= 15 is 0 Å². The third-order valence-electron chi connectivity index (χ3n) is 1.67. The number of carbonyl (C=O) groups excluding carboxylic acids is 3. The van der Waals surface area contributed by atoms with Gasteiger partial charge in [-0.3, -0.25) is 14.4 Å². The first-order valence-corrected chi connectivity index (χ1v) is 4.48. The van der Waals surface area contributed by atoms with E-state index in [-0.39, 0.29) is 17.3 Å². The number of carbonyl (C=O) groups is 3. The topological polar surface area (TPSA) is 51.2 Å². The molecule has 0 fully saturated rings. The molecule has 0 aliphatic heterocycles. The van der Waals surface area contributed by atoms with E-state index in [0.717, 1.165) is 0 Å². The van der Waals surface area contributed by atoms with Gasteiger partial charge >= 0.3 is 0 Å². The molecule has 0 spiro atoms. The average molecular weight is 202 g/mol. The molecule has 2 aliphatic rings. The molecule has 0 saturated heterocycles. The van der Waals surface area contributed by atoms with Gasteiger partial charge in [-0.2, -0.15) is 0 Å². The van der Waals surface area contributed by atoms with Gasteiger partial charge < -0.3 is 0 Å². The minimum absolute atomic E-state index is 0.121. The first-order chi connectivity index (χ1) is 7.18. The Morgan fingerprint density at radius 2 is 1.27 bits per heavy atom. The summed E-state index contributed by atoms with van der Waals surface area (Å²) in [5.41, 5.74) is 0. The molecular formula is C12H10O3. The standard InChI is InChI=1S/C6H4O2.C6H6O/c7-5-1-2-6(8)4-3-5;7-6-4-2-1-3-5-6/h1-4H;1-4H,5H2. The van der Waals surface area contributed by atoms with E-state index < -0.39 is 0 Å². The molecule has 0 N–H and O–H groups in total. The number of hydrogen-bond donors (Lipinski definition) is 0. The van der Waals surface area contributed by atoms with Crippen molar-refractivity contribution in [2.45, 2.75) is 6.42 Å². The predicted octanol–water partition coefficient (Wildman–Crippen LogP) is 1.32. The Morgan fingerprint density at radius 1 is 0.733 bits per heavy atom. The number of rotatable bonds is 0. The first-order valence-electron chi connectivity index (χ1n) is 4.48. The van der Waals surface area contributed by atoms with E-state index in [1.807, 2.05) is 12.2 Å². The van der Waals surface area contributed by atoms with Crippen molar-refractivity contribution in [3.63, 3.8) is 0 Å². The highest BCUT2D eigenvalue weighted by Gasteiger charge is 1.97. The zero-order valence-electron chi connectivity index (χ0n) is 8.05. The second kappa shape index (κ2) is 5.65. The van der Waals surface area contributed by atoms with Crippen molar-refractivity contribution in [1.29, 1.82) is 0 Å². The Kier molecular flexibility index (Phi) is 4.16. The third kappa shape index (κ3) is 4.67. The lowest BCUT2D eigenvalue weighted by molar-refractivity contribution is -0.114. The third-order valence-corrected chi connectivity index (χ3v) is 1.67. The minimum Gasteiger partial charge on any atom is -0.295 e. The Bertz CT molecular complexity index is 357. The van der Waals surface area contributed by atoms with Crippen LogP contribution in [0.15, 0.2) is 48.6 Å². The maximum Gasteiger partial charge on any atom is 0.178 e. The first kappa shape index (κ1) is 11.0. The van der Waals surface area contributed by atoms with Crippen LogP contribution in [0.1, 0.15) is 6.42 Å². The molecular weight excluding hydrogens is 192 g/mol. The predicted molar refractivity (Wildman–Crippen MR) is 56.2 cm³/mol. The lowest BCUT2D eigenvalue weighted by Gasteiger charge is -1.88. The SMILES string of the molecule is O=C1C=CC(=O)C=C1.O=C1C=CC=CC1. The normalized spacial score (nSPS) is 17.7. The van der Waals surface area contributed by atoms with E-state index in [1.54, 1.807) is 12.2 Å². The van der Waals surface area contributed by atoms with Crippen LogP contribution in [0.2, 0.25) is 0 Å². The fourth-order valence-corrected chi connectivity index (χ4v) is 0.933. The summed E-state index contributed by atoms with van der Waals surface area (Å²) < 4.78 is 0. The summed E-state index contributed by atoms with van der Waals surface area (Å²) in [5.74, 6) is -0.0447. The van der Waals surface area contributed by atoms with Gasteiger partial charge in [0.25, 0.3) is 0 Å². The molecule has 0 heterocycles. The molecule has 0 saturated carbocycles. The van der Waals surface area contributed by atoms with Gasteiger partial charge in [0, 0.05) is 6.42 Å². The summed E-state index contributed by atoms with van der Waals surface area (Å²) in [4.78, 5) is 30.9. The van der Waals surface area contributed by atoms with Crippen LogP contribution in [0.4, 0.5) is 0 Å². The second-order valence-electron chi connectivity index (χ2n) is 2.93. The zero-order valence-corrected chi connectivity index (χ0v) is 8.05. The number of ketones is 3. The molecule has 0 aromatic heterocycles. The highest BCUT2D eigenvalue weighted by Crippen LogP contribution is 1.94. The Morgan fingerprint density at radius 3 is 1.53 bits per heavy atom. The Hall–Kier alpha value is -2.03. The molecule has 0 unspecified atom stereocenters. The Balaban J connectivity index is 0.000000151. The molecule has 0 aromatic rings. The van der Waals surface area contributed by atoms with Gasteiger partial charge in [-0.25, -0.2) is 0 Å². The van der Waals surface area contributed by atoms with Crippen LogP contribution >= 0.6 is 0 Å². The van der Waals surface area contributed by atoms with Crippen LogP contribution < -0.4 is 0 Å². The smallest absolute Gasteiger partial charge is 0.178 e. The fraction of sp³-hybridized carbons (Fsp3) is 0.0833. The van der Waals surface area contributed by atoms with Crippen molar-refractivity contribution >= 4 is 17.3 Å². The van der Waals surface area contributed by atoms with Crippen LogP contribution in [0, 0.1) is 0 Å². The summed E-state index contributed by atoms with van der Waals surface area (Å²) in [6.07, 6.45) is 12.7. The van der Waals surface area contributed by atoms with Gasteiger partial charge in [0.05, 0.1) is 0 Å². The van der Waals surface area contributed by atoms with Crippen molar-refractivity contribution in [3.8, 4) is 0 Å². The highest BCUT2D eigenvalue weighted by molar-refractivity contribution is 6.14. The molecule has 0 atom stereocenters. The molecule has 0 bridgehead atoms. The van der Waals surface area contributed by atoms with E-state index in [9.17, 15) is 14.4 Å². The molecule has 3 heteroatoms. The maximum atomic E-state index is 10.3. The fourth-order valence-electron chi connectivity index (χ4n) is 0.933. The van der Waals surface area contributed by atoms with Crippen LogP contribution in [-0.4, -0.2) is 17.3 Å². The van der Waals surface area contributed by atoms with E-state index in [4.69, 9.17) is 0 Å². The summed E-state index contributed by atoms with van der Waals surface area (Å²) in [6, 6.07) is 0. The number of allylic oxidation sites excluding steroid dienone is 8. The average Bonchev–Trinajstić information content (AvgIpc) is 2.25. The van der Waals surface area contributed by atoms with Gasteiger partial charge in [-0.1, -0.05) is 18.2 Å². The van der Waals surface area contributed by atoms with Crippen molar-refractivity contribution < 1.29 is 14.4 Å². The van der Waals surface area contributed by atoms with Crippen molar-refractivity contribution in [1.82, 2.24) is 0 Å². The molecule has 2 aliphatic carbocycles. The van der Waals surface area contributed by atoms with E-state index in [2.05, 4.69) is 0 Å². The van der Waals surface area contributed by atoms with Gasteiger partial charge in [0.15, 0.2) is 17.3 Å². The Labute approximate surface area is 87.5 Å². The molecule has 0 radical (unpaired) electrons. The largest absolute Gasteiger partial charge is 0.295 e. The lowest BCUT2D eigenvalue weighted by Crippen LogP contribution is -1.97. The van der Waals surface area contributed by atoms with Crippen LogP contribution in [0.25, 0.3) is 0 Å².